The highest BCUT2D eigenvalue weighted by Gasteiger charge is 2.36. The first-order chi connectivity index (χ1) is 14.9. The molecule has 1 fully saturated rings. The first-order valence-corrected chi connectivity index (χ1v) is 10.5. The van der Waals surface area contributed by atoms with Crippen LogP contribution in [0.2, 0.25) is 0 Å². The fourth-order valence-electron chi connectivity index (χ4n) is 4.35. The second-order valence-corrected chi connectivity index (χ2v) is 8.88. The van der Waals surface area contributed by atoms with E-state index in [1.54, 1.807) is 0 Å². The molecule has 31 heavy (non-hydrogen) atoms. The second-order valence-electron chi connectivity index (χ2n) is 8.88. The molecular weight excluding hydrogens is 388 g/mol. The Kier molecular flexibility index (Phi) is 6.78. The quantitative estimate of drug-likeness (QED) is 0.535. The smallest absolute Gasteiger partial charge is 0.309 e. The molecule has 0 saturated carbocycles. The van der Waals surface area contributed by atoms with Gasteiger partial charge in [0.2, 0.25) is 0 Å². The zero-order valence-corrected chi connectivity index (χ0v) is 18.0. The Morgan fingerprint density at radius 1 is 1.10 bits per heavy atom. The zero-order chi connectivity index (χ0) is 22.4. The molecule has 3 rings (SSSR count). The summed E-state index contributed by atoms with van der Waals surface area (Å²) < 4.78 is 5.50. The molecule has 0 aromatic heterocycles. The van der Waals surface area contributed by atoms with Crippen LogP contribution in [0, 0.1) is 45.3 Å². The lowest BCUT2D eigenvalue weighted by Crippen LogP contribution is -2.39. The molecule has 6 nitrogen and oxygen atoms in total. The summed E-state index contributed by atoms with van der Waals surface area (Å²) in [6.45, 7) is 5.73. The Morgan fingerprint density at radius 3 is 2.32 bits per heavy atom. The molecule has 0 atom stereocenters. The molecule has 0 bridgehead atoms. The number of carbonyl (C=O) groups is 1. The maximum Gasteiger partial charge on any atom is 0.309 e. The molecule has 2 aliphatic rings. The standard InChI is InChI=1S/C25H26N4O2/c1-25(2)12-21(20(14-26)15-27)22(16-28)23(13-25)29-10-8-19(9-11-29)24(30)31-17-18-6-4-3-5-7-18/h3-7,19H,8-13,17H2,1-2H3. The fourth-order valence-corrected chi connectivity index (χ4v) is 4.35. The van der Waals surface area contributed by atoms with Crippen molar-refractivity contribution in [2.24, 2.45) is 11.3 Å². The van der Waals surface area contributed by atoms with Crippen LogP contribution >= 0.6 is 0 Å². The molecule has 1 aliphatic heterocycles. The Hall–Kier alpha value is -3.56. The van der Waals surface area contributed by atoms with E-state index < -0.39 is 0 Å². The Balaban J connectivity index is 1.72. The number of carbonyl (C=O) groups excluding carboxylic acids is 1. The number of piperidine rings is 1. The topological polar surface area (TPSA) is 101 Å². The number of rotatable bonds is 4. The molecule has 1 aromatic carbocycles. The van der Waals surface area contributed by atoms with Gasteiger partial charge >= 0.3 is 5.97 Å². The highest BCUT2D eigenvalue weighted by Crippen LogP contribution is 2.44. The molecule has 1 saturated heterocycles. The Morgan fingerprint density at radius 2 is 1.74 bits per heavy atom. The van der Waals surface area contributed by atoms with Crippen LogP contribution in [0.25, 0.3) is 0 Å². The number of esters is 1. The predicted octanol–water partition coefficient (Wildman–Crippen LogP) is 4.38. The van der Waals surface area contributed by atoms with Gasteiger partial charge in [0.25, 0.3) is 0 Å². The first kappa shape index (κ1) is 22.1. The van der Waals surface area contributed by atoms with E-state index in [1.807, 2.05) is 42.5 Å². The molecular formula is C25H26N4O2. The zero-order valence-electron chi connectivity index (χ0n) is 18.0. The van der Waals surface area contributed by atoms with Crippen molar-refractivity contribution in [3.63, 3.8) is 0 Å². The third-order valence-electron chi connectivity index (χ3n) is 5.96. The normalized spacial score (nSPS) is 18.5. The van der Waals surface area contributed by atoms with Crippen molar-refractivity contribution in [2.75, 3.05) is 13.1 Å². The van der Waals surface area contributed by atoms with E-state index in [-0.39, 0.29) is 29.5 Å². The van der Waals surface area contributed by atoms with Crippen LogP contribution in [-0.4, -0.2) is 24.0 Å². The number of ether oxygens (including phenoxy) is 1. The molecule has 0 amide bonds. The van der Waals surface area contributed by atoms with E-state index in [2.05, 4.69) is 24.8 Å². The number of likely N-dealkylation sites (tertiary alicyclic amines) is 1. The average molecular weight is 415 g/mol. The van der Waals surface area contributed by atoms with E-state index in [9.17, 15) is 20.6 Å². The van der Waals surface area contributed by atoms with Crippen molar-refractivity contribution >= 4 is 5.97 Å². The fraction of sp³-hybridized carbons (Fsp3) is 0.440. The molecule has 0 unspecified atom stereocenters. The summed E-state index contributed by atoms with van der Waals surface area (Å²) in [5.41, 5.74) is 2.70. The van der Waals surface area contributed by atoms with Gasteiger partial charge in [-0.05, 0) is 36.7 Å². The minimum absolute atomic E-state index is 0.0150. The third-order valence-corrected chi connectivity index (χ3v) is 5.96. The number of hydrogen-bond acceptors (Lipinski definition) is 6. The SMILES string of the molecule is CC1(C)CC(=C(C#N)C#N)C(C#N)=C(N2CCC(C(=O)OCc3ccccc3)CC2)C1. The van der Waals surface area contributed by atoms with E-state index in [1.165, 1.54) is 0 Å². The number of nitriles is 3. The maximum atomic E-state index is 12.5. The number of hydrogen-bond donors (Lipinski definition) is 0. The lowest BCUT2D eigenvalue weighted by atomic mass is 9.72. The van der Waals surface area contributed by atoms with Gasteiger partial charge in [-0.2, -0.15) is 15.8 Å². The minimum Gasteiger partial charge on any atom is -0.461 e. The third kappa shape index (κ3) is 5.14. The summed E-state index contributed by atoms with van der Waals surface area (Å²) in [5.74, 6) is -0.342. The van der Waals surface area contributed by atoms with Gasteiger partial charge in [0, 0.05) is 24.4 Å². The van der Waals surface area contributed by atoms with Gasteiger partial charge in [-0.3, -0.25) is 4.79 Å². The monoisotopic (exact) mass is 414 g/mol. The van der Waals surface area contributed by atoms with Crippen molar-refractivity contribution in [1.29, 1.82) is 15.8 Å². The Labute approximate surface area is 183 Å². The van der Waals surface area contributed by atoms with E-state index in [0.717, 1.165) is 11.3 Å². The minimum atomic E-state index is -0.182. The van der Waals surface area contributed by atoms with Gasteiger partial charge in [0.15, 0.2) is 0 Å². The van der Waals surface area contributed by atoms with Gasteiger partial charge in [0.1, 0.15) is 30.4 Å². The second kappa shape index (κ2) is 9.50. The number of nitrogens with zero attached hydrogens (tertiary/aromatic N) is 4. The molecule has 1 aliphatic carbocycles. The summed E-state index contributed by atoms with van der Waals surface area (Å²) in [6, 6.07) is 15.8. The van der Waals surface area contributed by atoms with Crippen LogP contribution < -0.4 is 0 Å². The van der Waals surface area contributed by atoms with Crippen LogP contribution in [0.3, 0.4) is 0 Å². The lowest BCUT2D eigenvalue weighted by molar-refractivity contribution is -0.151. The number of benzene rings is 1. The number of allylic oxidation sites excluding steroid dienone is 4. The first-order valence-electron chi connectivity index (χ1n) is 10.5. The summed E-state index contributed by atoms with van der Waals surface area (Å²) in [7, 11) is 0. The van der Waals surface area contributed by atoms with Gasteiger partial charge in [-0.15, -0.1) is 0 Å². The summed E-state index contributed by atoms with van der Waals surface area (Å²) in [5, 5.41) is 28.5. The van der Waals surface area contributed by atoms with E-state index in [4.69, 9.17) is 4.74 Å². The van der Waals surface area contributed by atoms with Crippen LogP contribution in [0.15, 0.2) is 52.7 Å². The van der Waals surface area contributed by atoms with Crippen LogP contribution in [0.4, 0.5) is 0 Å². The summed E-state index contributed by atoms with van der Waals surface area (Å²) in [4.78, 5) is 14.7. The molecule has 0 N–H and O–H groups in total. The summed E-state index contributed by atoms with van der Waals surface area (Å²) >= 11 is 0. The largest absolute Gasteiger partial charge is 0.461 e. The van der Waals surface area contributed by atoms with Crippen molar-refractivity contribution in [3.8, 4) is 18.2 Å². The highest BCUT2D eigenvalue weighted by atomic mass is 16.5. The highest BCUT2D eigenvalue weighted by molar-refractivity contribution is 5.72. The average Bonchev–Trinajstić information content (AvgIpc) is 2.78. The van der Waals surface area contributed by atoms with Crippen molar-refractivity contribution in [3.05, 3.63) is 58.3 Å². The molecule has 1 heterocycles. The van der Waals surface area contributed by atoms with Crippen molar-refractivity contribution in [1.82, 2.24) is 4.90 Å². The summed E-state index contributed by atoms with van der Waals surface area (Å²) in [6.07, 6.45) is 2.53. The van der Waals surface area contributed by atoms with Gasteiger partial charge < -0.3 is 9.64 Å². The lowest BCUT2D eigenvalue weighted by Gasteiger charge is -2.41. The van der Waals surface area contributed by atoms with Crippen LogP contribution in [0.1, 0.15) is 45.1 Å². The van der Waals surface area contributed by atoms with E-state index >= 15 is 0 Å². The molecule has 1 aromatic rings. The molecule has 158 valence electrons. The van der Waals surface area contributed by atoms with Crippen LogP contribution in [0.5, 0.6) is 0 Å². The predicted molar refractivity (Wildman–Crippen MR) is 114 cm³/mol. The van der Waals surface area contributed by atoms with Crippen molar-refractivity contribution < 1.29 is 9.53 Å². The van der Waals surface area contributed by atoms with Gasteiger partial charge in [-0.25, -0.2) is 0 Å². The molecule has 6 heteroatoms. The molecule has 0 spiro atoms. The Bertz CT molecular complexity index is 1010. The molecule has 0 radical (unpaired) electrons. The van der Waals surface area contributed by atoms with Crippen LogP contribution in [-0.2, 0) is 16.1 Å². The maximum absolute atomic E-state index is 12.5. The van der Waals surface area contributed by atoms with Crippen molar-refractivity contribution in [2.45, 2.75) is 46.1 Å². The van der Waals surface area contributed by atoms with Gasteiger partial charge in [-0.1, -0.05) is 44.2 Å². The van der Waals surface area contributed by atoms with Gasteiger partial charge in [0.05, 0.1) is 11.5 Å². The van der Waals surface area contributed by atoms with E-state index in [0.29, 0.717) is 49.9 Å².